The van der Waals surface area contributed by atoms with Crippen LogP contribution in [0, 0.1) is 25.7 Å². The van der Waals surface area contributed by atoms with Crippen LogP contribution in [0.1, 0.15) is 28.3 Å². The molecule has 2 aliphatic rings. The highest BCUT2D eigenvalue weighted by Gasteiger charge is 2.68. The lowest BCUT2D eigenvalue weighted by Crippen LogP contribution is -2.57. The molecule has 8 heteroatoms. The van der Waals surface area contributed by atoms with E-state index in [0.29, 0.717) is 16.3 Å². The Balaban J connectivity index is 1.67. The summed E-state index contributed by atoms with van der Waals surface area (Å²) in [7, 11) is 0. The number of rotatable bonds is 5. The zero-order valence-electron chi connectivity index (χ0n) is 19.7. The number of fused-ring (bicyclic) bond motifs is 1. The van der Waals surface area contributed by atoms with Gasteiger partial charge in [0.15, 0.2) is 0 Å². The molecule has 2 heterocycles. The van der Waals surface area contributed by atoms with Crippen LogP contribution in [0.3, 0.4) is 0 Å². The Morgan fingerprint density at radius 1 is 1.00 bits per heavy atom. The Hall–Kier alpha value is -3.68. The molecule has 2 amide bonds. The fourth-order valence-electron chi connectivity index (χ4n) is 5.55. The third kappa shape index (κ3) is 3.67. The number of carboxylic acid groups (broad SMARTS) is 1. The Labute approximate surface area is 213 Å². The molecule has 184 valence electrons. The highest BCUT2D eigenvalue weighted by Crippen LogP contribution is 2.51. The van der Waals surface area contributed by atoms with Crippen molar-refractivity contribution in [2.75, 3.05) is 4.90 Å². The van der Waals surface area contributed by atoms with E-state index in [0.717, 1.165) is 21.6 Å². The Morgan fingerprint density at radius 2 is 1.69 bits per heavy atom. The lowest BCUT2D eigenvalue weighted by molar-refractivity contribution is -0.148. The number of phenols is 1. The van der Waals surface area contributed by atoms with Crippen LogP contribution < -0.4 is 10.2 Å². The van der Waals surface area contributed by atoms with Gasteiger partial charge in [0.25, 0.3) is 0 Å². The molecule has 3 N–H and O–H groups in total. The molecule has 3 aromatic rings. The highest BCUT2D eigenvalue weighted by atomic mass is 35.5. The number of carbonyl (C=O) groups excluding carboxylic acids is 2. The summed E-state index contributed by atoms with van der Waals surface area (Å²) in [5.74, 6) is -4.28. The summed E-state index contributed by atoms with van der Waals surface area (Å²) in [6.07, 6.45) is -0.0479. The van der Waals surface area contributed by atoms with Crippen molar-refractivity contribution in [3.8, 4) is 5.75 Å². The molecule has 7 nitrogen and oxygen atoms in total. The predicted molar refractivity (Wildman–Crippen MR) is 135 cm³/mol. The van der Waals surface area contributed by atoms with E-state index in [-0.39, 0.29) is 12.2 Å². The summed E-state index contributed by atoms with van der Waals surface area (Å²) in [6.45, 7) is 3.71. The molecule has 4 atom stereocenters. The number of benzene rings is 3. The number of amides is 2. The molecule has 0 bridgehead atoms. The molecule has 2 aliphatic heterocycles. The highest BCUT2D eigenvalue weighted by molar-refractivity contribution is 6.32. The minimum absolute atomic E-state index is 0.0479. The molecule has 0 aliphatic carbocycles. The first-order chi connectivity index (χ1) is 17.1. The molecule has 2 saturated heterocycles. The second-order valence-corrected chi connectivity index (χ2v) is 9.95. The van der Waals surface area contributed by atoms with Crippen molar-refractivity contribution in [2.45, 2.75) is 31.8 Å². The lowest BCUT2D eigenvalue weighted by Gasteiger charge is -2.31. The van der Waals surface area contributed by atoms with E-state index in [4.69, 9.17) is 11.6 Å². The fourth-order valence-corrected chi connectivity index (χ4v) is 5.73. The van der Waals surface area contributed by atoms with Crippen molar-refractivity contribution in [3.05, 3.63) is 94.0 Å². The Bertz CT molecular complexity index is 1390. The summed E-state index contributed by atoms with van der Waals surface area (Å²) in [4.78, 5) is 41.9. The van der Waals surface area contributed by atoms with Gasteiger partial charge in [0.1, 0.15) is 11.3 Å². The number of aromatic hydroxyl groups is 1. The maximum Gasteiger partial charge on any atom is 0.325 e. The van der Waals surface area contributed by atoms with Gasteiger partial charge in [-0.15, -0.1) is 0 Å². The van der Waals surface area contributed by atoms with Gasteiger partial charge in [-0.2, -0.15) is 0 Å². The monoisotopic (exact) mass is 504 g/mol. The molecule has 5 rings (SSSR count). The summed E-state index contributed by atoms with van der Waals surface area (Å²) in [6, 6.07) is 17.9. The number of hydrogen-bond acceptors (Lipinski definition) is 5. The average molecular weight is 505 g/mol. The van der Waals surface area contributed by atoms with Crippen LogP contribution in [0.15, 0.2) is 66.7 Å². The number of nitrogens with one attached hydrogen (secondary N) is 1. The molecular weight excluding hydrogens is 480 g/mol. The van der Waals surface area contributed by atoms with Crippen LogP contribution in [0.4, 0.5) is 5.69 Å². The first-order valence-corrected chi connectivity index (χ1v) is 12.0. The Morgan fingerprint density at radius 3 is 2.33 bits per heavy atom. The smallest absolute Gasteiger partial charge is 0.325 e. The number of hydrogen-bond donors (Lipinski definition) is 3. The summed E-state index contributed by atoms with van der Waals surface area (Å²) in [5.41, 5.74) is 1.64. The van der Waals surface area contributed by atoms with Crippen LogP contribution in [0.5, 0.6) is 5.75 Å². The molecule has 36 heavy (non-hydrogen) atoms. The van der Waals surface area contributed by atoms with Crippen molar-refractivity contribution in [1.29, 1.82) is 0 Å². The van der Waals surface area contributed by atoms with Crippen molar-refractivity contribution < 1.29 is 24.6 Å². The minimum Gasteiger partial charge on any atom is -0.508 e. The van der Waals surface area contributed by atoms with Crippen LogP contribution in [0.2, 0.25) is 5.02 Å². The molecule has 0 spiro atoms. The number of aryl methyl sites for hydroxylation is 2. The van der Waals surface area contributed by atoms with E-state index < -0.39 is 41.2 Å². The topological polar surface area (TPSA) is 107 Å². The minimum atomic E-state index is -1.75. The zero-order valence-corrected chi connectivity index (χ0v) is 20.5. The number of anilines is 1. The van der Waals surface area contributed by atoms with Gasteiger partial charge in [-0.25, -0.2) is 4.90 Å². The van der Waals surface area contributed by atoms with Crippen molar-refractivity contribution in [2.24, 2.45) is 11.8 Å². The number of carbonyl (C=O) groups is 3. The van der Waals surface area contributed by atoms with Gasteiger partial charge in [-0.1, -0.05) is 54.1 Å². The first kappa shape index (κ1) is 24.0. The third-order valence-electron chi connectivity index (χ3n) is 7.39. The molecule has 4 unspecified atom stereocenters. The van der Waals surface area contributed by atoms with E-state index in [2.05, 4.69) is 5.32 Å². The van der Waals surface area contributed by atoms with Gasteiger partial charge in [-0.3, -0.25) is 19.7 Å². The summed E-state index contributed by atoms with van der Waals surface area (Å²) < 4.78 is 0. The maximum atomic E-state index is 13.9. The first-order valence-electron chi connectivity index (χ1n) is 11.6. The SMILES string of the molecule is Cc1ccc(N2C(=O)C3C(c4ccccc4C)NC(Cc4ccc(O)cc4)(C(=O)O)C3C2=O)cc1Cl. The van der Waals surface area contributed by atoms with E-state index in [1.807, 2.05) is 38.1 Å². The normalized spacial score (nSPS) is 25.3. The van der Waals surface area contributed by atoms with Gasteiger partial charge in [-0.05, 0) is 60.4 Å². The van der Waals surface area contributed by atoms with E-state index in [1.54, 1.807) is 30.3 Å². The summed E-state index contributed by atoms with van der Waals surface area (Å²) in [5, 5.41) is 23.9. The summed E-state index contributed by atoms with van der Waals surface area (Å²) >= 11 is 6.30. The van der Waals surface area contributed by atoms with Crippen molar-refractivity contribution in [1.82, 2.24) is 5.32 Å². The molecule has 2 fully saturated rings. The zero-order chi connectivity index (χ0) is 25.8. The van der Waals surface area contributed by atoms with Gasteiger partial charge in [0.05, 0.1) is 17.5 Å². The van der Waals surface area contributed by atoms with E-state index in [9.17, 15) is 24.6 Å². The second kappa shape index (κ2) is 8.76. The van der Waals surface area contributed by atoms with Crippen LogP contribution >= 0.6 is 11.6 Å². The largest absolute Gasteiger partial charge is 0.508 e. The molecule has 0 radical (unpaired) electrons. The molecule has 0 aromatic heterocycles. The van der Waals surface area contributed by atoms with Gasteiger partial charge >= 0.3 is 5.97 Å². The van der Waals surface area contributed by atoms with Crippen LogP contribution in [-0.2, 0) is 20.8 Å². The number of carboxylic acids is 1. The average Bonchev–Trinajstić information content (AvgIpc) is 3.32. The number of imide groups is 1. The number of nitrogens with zero attached hydrogens (tertiary/aromatic N) is 1. The Kier molecular flexibility index (Phi) is 5.85. The standard InChI is InChI=1S/C28H25ClN2O5/c1-15-5-3-4-6-20(15)24-22-23(26(34)31(25(22)33)18-10-7-16(2)21(29)13-18)28(30-24,27(35)36)14-17-8-11-19(32)12-9-17/h3-13,22-24,30,32H,14H2,1-2H3,(H,35,36). The molecule has 0 saturated carbocycles. The van der Waals surface area contributed by atoms with Gasteiger partial charge in [0, 0.05) is 17.5 Å². The van der Waals surface area contributed by atoms with Crippen LogP contribution in [0.25, 0.3) is 0 Å². The molecular formula is C28H25ClN2O5. The predicted octanol–water partition coefficient (Wildman–Crippen LogP) is 4.18. The lowest BCUT2D eigenvalue weighted by atomic mass is 9.76. The van der Waals surface area contributed by atoms with Crippen molar-refractivity contribution in [3.63, 3.8) is 0 Å². The van der Waals surface area contributed by atoms with Crippen LogP contribution in [-0.4, -0.2) is 33.5 Å². The number of halogens is 1. The van der Waals surface area contributed by atoms with E-state index in [1.165, 1.54) is 12.1 Å². The van der Waals surface area contributed by atoms with Crippen molar-refractivity contribution >= 4 is 35.1 Å². The number of aliphatic carboxylic acids is 1. The number of phenolic OH excluding ortho intramolecular Hbond substituents is 1. The third-order valence-corrected chi connectivity index (χ3v) is 7.80. The van der Waals surface area contributed by atoms with Gasteiger partial charge < -0.3 is 10.2 Å². The molecule has 3 aromatic carbocycles. The fraction of sp³-hybridized carbons (Fsp3) is 0.250. The second-order valence-electron chi connectivity index (χ2n) is 9.55. The maximum absolute atomic E-state index is 13.9. The van der Waals surface area contributed by atoms with E-state index >= 15 is 0 Å². The quantitative estimate of drug-likeness (QED) is 0.450. The van der Waals surface area contributed by atoms with Gasteiger partial charge in [0.2, 0.25) is 11.8 Å².